The zero-order chi connectivity index (χ0) is 16.9. The summed E-state index contributed by atoms with van der Waals surface area (Å²) in [4.78, 5) is 0. The first-order valence-electron chi connectivity index (χ1n) is 7.98. The third-order valence-corrected chi connectivity index (χ3v) is 5.28. The Balaban J connectivity index is 2.03. The monoisotopic (exact) mass is 335 g/mol. The Morgan fingerprint density at radius 1 is 1.04 bits per heavy atom. The Bertz CT molecular complexity index is 824. The van der Waals surface area contributed by atoms with E-state index in [9.17, 15) is 0 Å². The van der Waals surface area contributed by atoms with Crippen LogP contribution < -0.4 is 0 Å². The summed E-state index contributed by atoms with van der Waals surface area (Å²) in [7, 11) is 0. The number of hydrogen-bond donors (Lipinski definition) is 0. The maximum atomic E-state index is 4.38. The van der Waals surface area contributed by atoms with E-state index in [0.29, 0.717) is 0 Å². The molecule has 1 aromatic heterocycles. The molecule has 0 aliphatic rings. The quantitative estimate of drug-likeness (QED) is 0.471. The average Bonchev–Trinajstić information content (AvgIpc) is 2.95. The van der Waals surface area contributed by atoms with Crippen LogP contribution in [-0.4, -0.2) is 14.8 Å². The molecule has 2 aromatic carbocycles. The van der Waals surface area contributed by atoms with Gasteiger partial charge in [0.05, 0.1) is 5.25 Å². The number of nitrogens with zero attached hydrogens (tertiary/aromatic N) is 3. The van der Waals surface area contributed by atoms with Gasteiger partial charge in [0.1, 0.15) is 5.82 Å². The highest BCUT2D eigenvalue weighted by molar-refractivity contribution is 7.99. The molecule has 0 saturated heterocycles. The van der Waals surface area contributed by atoms with Gasteiger partial charge in [0.15, 0.2) is 5.16 Å². The molecule has 24 heavy (non-hydrogen) atoms. The Morgan fingerprint density at radius 2 is 1.75 bits per heavy atom. The number of hydrogen-bond acceptors (Lipinski definition) is 3. The fourth-order valence-corrected chi connectivity index (χ4v) is 4.03. The van der Waals surface area contributed by atoms with Gasteiger partial charge in [-0.05, 0) is 30.5 Å². The number of aromatic nitrogens is 3. The van der Waals surface area contributed by atoms with Crippen LogP contribution in [0.25, 0.3) is 0 Å². The number of allylic oxidation sites excluding steroid dienone is 1. The van der Waals surface area contributed by atoms with Crippen LogP contribution in [0.1, 0.15) is 27.8 Å². The van der Waals surface area contributed by atoms with Crippen molar-refractivity contribution in [3.8, 4) is 0 Å². The van der Waals surface area contributed by atoms with Crippen molar-refractivity contribution in [3.05, 3.63) is 89.8 Å². The Labute approximate surface area is 147 Å². The molecule has 122 valence electrons. The third kappa shape index (κ3) is 3.44. The van der Waals surface area contributed by atoms with Crippen LogP contribution in [0.2, 0.25) is 0 Å². The predicted molar refractivity (Wildman–Crippen MR) is 100 cm³/mol. The minimum Gasteiger partial charge on any atom is -0.302 e. The molecule has 0 saturated carbocycles. The SMILES string of the molecule is C=CCn1c(C)nnc1SC(c1ccccc1)c1ccccc1C. The van der Waals surface area contributed by atoms with Crippen molar-refractivity contribution in [3.63, 3.8) is 0 Å². The van der Waals surface area contributed by atoms with Crippen LogP contribution in [-0.2, 0) is 6.54 Å². The zero-order valence-corrected chi connectivity index (χ0v) is 14.8. The van der Waals surface area contributed by atoms with Gasteiger partial charge in [0.2, 0.25) is 0 Å². The molecule has 0 aliphatic heterocycles. The van der Waals surface area contributed by atoms with Crippen molar-refractivity contribution >= 4 is 11.8 Å². The second kappa shape index (κ2) is 7.49. The molecule has 3 rings (SSSR count). The van der Waals surface area contributed by atoms with Crippen LogP contribution in [0, 0.1) is 13.8 Å². The van der Waals surface area contributed by atoms with Gasteiger partial charge < -0.3 is 4.57 Å². The molecule has 1 atom stereocenters. The predicted octanol–water partition coefficient (Wildman–Crippen LogP) is 4.96. The lowest BCUT2D eigenvalue weighted by Gasteiger charge is -2.19. The van der Waals surface area contributed by atoms with Crippen LogP contribution in [0.5, 0.6) is 0 Å². The number of rotatable bonds is 6. The summed E-state index contributed by atoms with van der Waals surface area (Å²) in [5.41, 5.74) is 3.85. The van der Waals surface area contributed by atoms with E-state index in [1.165, 1.54) is 16.7 Å². The minimum atomic E-state index is 0.180. The molecule has 1 unspecified atom stereocenters. The Morgan fingerprint density at radius 3 is 2.46 bits per heavy atom. The van der Waals surface area contributed by atoms with Crippen molar-refractivity contribution in [2.24, 2.45) is 0 Å². The van der Waals surface area contributed by atoms with Gasteiger partial charge >= 0.3 is 0 Å². The first-order valence-corrected chi connectivity index (χ1v) is 8.86. The molecule has 0 N–H and O–H groups in total. The van der Waals surface area contributed by atoms with E-state index >= 15 is 0 Å². The van der Waals surface area contributed by atoms with E-state index in [1.54, 1.807) is 11.8 Å². The maximum absolute atomic E-state index is 4.38. The van der Waals surface area contributed by atoms with Crippen molar-refractivity contribution in [1.82, 2.24) is 14.8 Å². The van der Waals surface area contributed by atoms with E-state index in [4.69, 9.17) is 0 Å². The van der Waals surface area contributed by atoms with E-state index in [1.807, 2.05) is 19.1 Å². The average molecular weight is 335 g/mol. The Kier molecular flexibility index (Phi) is 5.16. The normalized spacial score (nSPS) is 12.1. The summed E-state index contributed by atoms with van der Waals surface area (Å²) in [5, 5.41) is 9.73. The number of benzene rings is 2. The van der Waals surface area contributed by atoms with Crippen LogP contribution >= 0.6 is 11.8 Å². The lowest BCUT2D eigenvalue weighted by molar-refractivity contribution is 0.702. The molecule has 0 aliphatic carbocycles. The number of aryl methyl sites for hydroxylation is 2. The number of thioether (sulfide) groups is 1. The molecular weight excluding hydrogens is 314 g/mol. The van der Waals surface area contributed by atoms with Crippen molar-refractivity contribution in [1.29, 1.82) is 0 Å². The van der Waals surface area contributed by atoms with Gasteiger partial charge in [0, 0.05) is 6.54 Å². The summed E-state index contributed by atoms with van der Waals surface area (Å²) in [6.07, 6.45) is 1.88. The van der Waals surface area contributed by atoms with Gasteiger partial charge in [0.25, 0.3) is 0 Å². The molecule has 0 spiro atoms. The molecule has 3 nitrogen and oxygen atoms in total. The lowest BCUT2D eigenvalue weighted by Crippen LogP contribution is -2.04. The maximum Gasteiger partial charge on any atom is 0.192 e. The molecule has 0 radical (unpaired) electrons. The highest BCUT2D eigenvalue weighted by Gasteiger charge is 2.21. The van der Waals surface area contributed by atoms with Gasteiger partial charge in [-0.15, -0.1) is 16.8 Å². The fourth-order valence-electron chi connectivity index (χ4n) is 2.71. The second-order valence-corrected chi connectivity index (χ2v) is 6.77. The fraction of sp³-hybridized carbons (Fsp3) is 0.200. The third-order valence-electron chi connectivity index (χ3n) is 4.01. The summed E-state index contributed by atoms with van der Waals surface area (Å²) in [5.74, 6) is 0.911. The van der Waals surface area contributed by atoms with E-state index in [-0.39, 0.29) is 5.25 Å². The van der Waals surface area contributed by atoms with E-state index < -0.39 is 0 Å². The summed E-state index contributed by atoms with van der Waals surface area (Å²) < 4.78 is 2.10. The van der Waals surface area contributed by atoms with Crippen LogP contribution in [0.15, 0.2) is 72.4 Å². The first kappa shape index (κ1) is 16.5. The standard InChI is InChI=1S/C20H21N3S/c1-4-14-23-16(3)21-22-20(23)24-19(17-11-6-5-7-12-17)18-13-9-8-10-15(18)2/h4-13,19H,1,14H2,2-3H3. The highest BCUT2D eigenvalue weighted by atomic mass is 32.2. The first-order chi connectivity index (χ1) is 11.7. The van der Waals surface area contributed by atoms with E-state index in [2.05, 4.69) is 76.8 Å². The molecule has 0 amide bonds. The summed E-state index contributed by atoms with van der Waals surface area (Å²) >= 11 is 1.74. The Hall–Kier alpha value is -2.33. The molecule has 3 aromatic rings. The van der Waals surface area contributed by atoms with Gasteiger partial charge in [-0.2, -0.15) is 0 Å². The largest absolute Gasteiger partial charge is 0.302 e. The molecular formula is C20H21N3S. The van der Waals surface area contributed by atoms with Crippen molar-refractivity contribution in [2.75, 3.05) is 0 Å². The van der Waals surface area contributed by atoms with Gasteiger partial charge in [-0.3, -0.25) is 0 Å². The smallest absolute Gasteiger partial charge is 0.192 e. The van der Waals surface area contributed by atoms with Crippen LogP contribution in [0.3, 0.4) is 0 Å². The summed E-state index contributed by atoms with van der Waals surface area (Å²) in [6, 6.07) is 19.1. The van der Waals surface area contributed by atoms with Crippen molar-refractivity contribution < 1.29 is 0 Å². The second-order valence-electron chi connectivity index (χ2n) is 5.69. The molecule has 1 heterocycles. The zero-order valence-electron chi connectivity index (χ0n) is 14.0. The molecule has 0 bridgehead atoms. The topological polar surface area (TPSA) is 30.7 Å². The summed E-state index contributed by atoms with van der Waals surface area (Å²) in [6.45, 7) is 8.70. The van der Waals surface area contributed by atoms with Gasteiger partial charge in [-0.25, -0.2) is 0 Å². The van der Waals surface area contributed by atoms with Gasteiger partial charge in [-0.1, -0.05) is 72.4 Å². The van der Waals surface area contributed by atoms with E-state index in [0.717, 1.165) is 17.5 Å². The van der Waals surface area contributed by atoms with Crippen molar-refractivity contribution in [2.45, 2.75) is 30.8 Å². The molecule has 4 heteroatoms. The van der Waals surface area contributed by atoms with Crippen LogP contribution in [0.4, 0.5) is 0 Å². The molecule has 0 fully saturated rings. The minimum absolute atomic E-state index is 0.180. The highest BCUT2D eigenvalue weighted by Crippen LogP contribution is 2.41. The lowest BCUT2D eigenvalue weighted by atomic mass is 10.0.